The zero-order chi connectivity index (χ0) is 21.1. The van der Waals surface area contributed by atoms with Crippen LogP contribution in [0.4, 0.5) is 0 Å². The van der Waals surface area contributed by atoms with Crippen LogP contribution >= 0.6 is 12.6 Å². The van der Waals surface area contributed by atoms with Crippen molar-refractivity contribution in [2.75, 3.05) is 6.61 Å². The van der Waals surface area contributed by atoms with Crippen LogP contribution in [0.3, 0.4) is 0 Å². The van der Waals surface area contributed by atoms with Crippen molar-refractivity contribution in [3.63, 3.8) is 0 Å². The summed E-state index contributed by atoms with van der Waals surface area (Å²) in [5.74, 6) is 0.442. The molecule has 2 unspecified atom stereocenters. The maximum atomic E-state index is 12.5. The predicted molar refractivity (Wildman–Crippen MR) is 112 cm³/mol. The molecule has 1 aliphatic rings. The Morgan fingerprint density at radius 2 is 2.14 bits per heavy atom. The van der Waals surface area contributed by atoms with Crippen molar-refractivity contribution in [2.24, 2.45) is 5.92 Å². The Morgan fingerprint density at radius 3 is 2.76 bits per heavy atom. The molecule has 0 spiro atoms. The van der Waals surface area contributed by atoms with Crippen LogP contribution in [0.25, 0.3) is 0 Å². The maximum absolute atomic E-state index is 12.5. The van der Waals surface area contributed by atoms with Crippen LogP contribution in [-0.4, -0.2) is 51.0 Å². The van der Waals surface area contributed by atoms with Gasteiger partial charge in [0.1, 0.15) is 11.4 Å². The number of hydrogen-bond acceptors (Lipinski definition) is 8. The Hall–Kier alpha value is -2.14. The lowest BCUT2D eigenvalue weighted by molar-refractivity contribution is 0.0913. The number of aliphatic hydroxyl groups excluding tert-OH is 1. The molecule has 0 saturated heterocycles. The van der Waals surface area contributed by atoms with Gasteiger partial charge in [-0.05, 0) is 35.5 Å². The van der Waals surface area contributed by atoms with E-state index in [4.69, 9.17) is 9.39 Å². The van der Waals surface area contributed by atoms with Gasteiger partial charge in [-0.2, -0.15) is 12.6 Å². The van der Waals surface area contributed by atoms with Crippen LogP contribution < -0.4 is 15.5 Å². The van der Waals surface area contributed by atoms with Crippen molar-refractivity contribution in [1.29, 1.82) is 0 Å². The van der Waals surface area contributed by atoms with Crippen molar-refractivity contribution in [1.82, 2.24) is 15.3 Å². The third kappa shape index (κ3) is 4.72. The molecule has 3 rings (SSSR count). The number of fused-ring (bicyclic) bond motifs is 1. The zero-order valence-electron chi connectivity index (χ0n) is 16.5. The minimum atomic E-state index is -0.964. The van der Waals surface area contributed by atoms with Crippen LogP contribution in [0.1, 0.15) is 35.5 Å². The Labute approximate surface area is 175 Å². The number of aromatic nitrogens is 2. The standard InChI is InChI=1S/C19H24BN3O5S/c1-10(2)18(15(29)8-24)23-19(25)13-6-22-16(7-21-13)28-14-5-4-12-9-27-20(26)17(12)11(14)3/h4-7,10,15,18,24,26,29H,8-9H2,1-3H3,(H,23,25). The van der Waals surface area contributed by atoms with Crippen LogP contribution in [0.2, 0.25) is 0 Å². The van der Waals surface area contributed by atoms with E-state index in [0.29, 0.717) is 17.8 Å². The van der Waals surface area contributed by atoms with Crippen molar-refractivity contribution in [3.8, 4) is 11.6 Å². The fourth-order valence-electron chi connectivity index (χ4n) is 3.24. The van der Waals surface area contributed by atoms with Gasteiger partial charge in [0.05, 0.1) is 25.6 Å². The summed E-state index contributed by atoms with van der Waals surface area (Å²) in [6, 6.07) is 3.31. The van der Waals surface area contributed by atoms with E-state index in [1.54, 1.807) is 6.07 Å². The molecule has 1 amide bonds. The molecule has 154 valence electrons. The van der Waals surface area contributed by atoms with Crippen LogP contribution in [0.15, 0.2) is 24.5 Å². The number of nitrogens with one attached hydrogen (secondary N) is 1. The minimum Gasteiger partial charge on any atom is -0.437 e. The van der Waals surface area contributed by atoms with Crippen LogP contribution in [-0.2, 0) is 11.3 Å². The smallest absolute Gasteiger partial charge is 0.437 e. The molecular weight excluding hydrogens is 393 g/mol. The van der Waals surface area contributed by atoms with E-state index in [-0.39, 0.29) is 35.4 Å². The second kappa shape index (κ2) is 9.12. The van der Waals surface area contributed by atoms with Gasteiger partial charge in [0.25, 0.3) is 5.91 Å². The minimum absolute atomic E-state index is 0.0891. The molecular formula is C19H24BN3O5S. The molecule has 0 saturated carbocycles. The number of thiol groups is 1. The average molecular weight is 417 g/mol. The third-order valence-electron chi connectivity index (χ3n) is 4.89. The molecule has 3 N–H and O–H groups in total. The average Bonchev–Trinajstić information content (AvgIpc) is 3.09. The van der Waals surface area contributed by atoms with E-state index < -0.39 is 13.0 Å². The number of carbonyl (C=O) groups excluding carboxylic acids is 1. The highest BCUT2D eigenvalue weighted by atomic mass is 32.1. The molecule has 0 aliphatic carbocycles. The first-order valence-electron chi connectivity index (χ1n) is 9.33. The summed E-state index contributed by atoms with van der Waals surface area (Å²) in [5, 5.41) is 21.7. The second-order valence-corrected chi connectivity index (χ2v) is 7.92. The molecule has 0 radical (unpaired) electrons. The summed E-state index contributed by atoms with van der Waals surface area (Å²) in [7, 11) is -0.964. The van der Waals surface area contributed by atoms with Gasteiger partial charge in [0, 0.05) is 11.3 Å². The molecule has 2 aromatic rings. The van der Waals surface area contributed by atoms with Gasteiger partial charge >= 0.3 is 7.12 Å². The number of aliphatic hydroxyl groups is 1. The molecule has 2 atom stereocenters. The van der Waals surface area contributed by atoms with E-state index in [0.717, 1.165) is 11.1 Å². The molecule has 2 heterocycles. The predicted octanol–water partition coefficient (Wildman–Crippen LogP) is 0.840. The molecule has 1 aliphatic heterocycles. The maximum Gasteiger partial charge on any atom is 0.492 e. The van der Waals surface area contributed by atoms with Gasteiger partial charge in [-0.3, -0.25) is 4.79 Å². The first kappa shape index (κ1) is 21.6. The number of nitrogens with zero attached hydrogens (tertiary/aromatic N) is 2. The lowest BCUT2D eigenvalue weighted by Gasteiger charge is -2.26. The van der Waals surface area contributed by atoms with Gasteiger partial charge in [0.2, 0.25) is 5.88 Å². The van der Waals surface area contributed by atoms with Crippen LogP contribution in [0, 0.1) is 12.8 Å². The highest BCUT2D eigenvalue weighted by Gasteiger charge is 2.30. The van der Waals surface area contributed by atoms with Gasteiger partial charge < -0.3 is 24.8 Å². The molecule has 10 heteroatoms. The van der Waals surface area contributed by atoms with Crippen LogP contribution in [0.5, 0.6) is 11.6 Å². The van der Waals surface area contributed by atoms with Crippen molar-refractivity contribution < 1.29 is 24.3 Å². The summed E-state index contributed by atoms with van der Waals surface area (Å²) in [5.41, 5.74) is 2.53. The molecule has 29 heavy (non-hydrogen) atoms. The van der Waals surface area contributed by atoms with Gasteiger partial charge in [0.15, 0.2) is 0 Å². The molecule has 1 aromatic heterocycles. The topological polar surface area (TPSA) is 114 Å². The number of hydrogen-bond donors (Lipinski definition) is 4. The van der Waals surface area contributed by atoms with Crippen molar-refractivity contribution in [2.45, 2.75) is 38.7 Å². The fourth-order valence-corrected chi connectivity index (χ4v) is 3.66. The van der Waals surface area contributed by atoms with E-state index in [2.05, 4.69) is 27.9 Å². The summed E-state index contributed by atoms with van der Waals surface area (Å²) in [6.45, 7) is 5.93. The lowest BCUT2D eigenvalue weighted by Crippen LogP contribution is -2.46. The Kier molecular flexibility index (Phi) is 6.79. The lowest BCUT2D eigenvalue weighted by atomic mass is 9.76. The molecule has 0 bridgehead atoms. The van der Waals surface area contributed by atoms with E-state index in [9.17, 15) is 14.9 Å². The number of rotatable bonds is 7. The number of carbonyl (C=O) groups is 1. The Bertz CT molecular complexity index is 881. The van der Waals surface area contributed by atoms with Crippen molar-refractivity contribution >= 4 is 31.1 Å². The summed E-state index contributed by atoms with van der Waals surface area (Å²) in [6.07, 6.45) is 2.69. The monoisotopic (exact) mass is 417 g/mol. The fraction of sp³-hybridized carbons (Fsp3) is 0.421. The number of amides is 1. The van der Waals surface area contributed by atoms with E-state index in [1.807, 2.05) is 26.8 Å². The Morgan fingerprint density at radius 1 is 1.38 bits per heavy atom. The normalized spacial score (nSPS) is 15.2. The largest absolute Gasteiger partial charge is 0.492 e. The first-order valence-corrected chi connectivity index (χ1v) is 9.85. The number of ether oxygens (including phenoxy) is 1. The first-order chi connectivity index (χ1) is 13.8. The third-order valence-corrected chi connectivity index (χ3v) is 5.38. The van der Waals surface area contributed by atoms with E-state index >= 15 is 0 Å². The zero-order valence-corrected chi connectivity index (χ0v) is 17.4. The van der Waals surface area contributed by atoms with Gasteiger partial charge in [-0.25, -0.2) is 9.97 Å². The van der Waals surface area contributed by atoms with Crippen molar-refractivity contribution in [3.05, 3.63) is 41.3 Å². The van der Waals surface area contributed by atoms with E-state index in [1.165, 1.54) is 12.4 Å². The Balaban J connectivity index is 1.71. The van der Waals surface area contributed by atoms with Gasteiger partial charge in [-0.15, -0.1) is 0 Å². The second-order valence-electron chi connectivity index (χ2n) is 7.26. The quantitative estimate of drug-likeness (QED) is 0.390. The molecule has 1 aromatic carbocycles. The highest BCUT2D eigenvalue weighted by molar-refractivity contribution is 7.81. The number of benzene rings is 1. The van der Waals surface area contributed by atoms with Gasteiger partial charge in [-0.1, -0.05) is 19.9 Å². The molecule has 0 fully saturated rings. The summed E-state index contributed by atoms with van der Waals surface area (Å²) < 4.78 is 11.0. The molecule has 8 nitrogen and oxygen atoms in total. The highest BCUT2D eigenvalue weighted by Crippen LogP contribution is 2.25. The summed E-state index contributed by atoms with van der Waals surface area (Å²) in [4.78, 5) is 20.7. The summed E-state index contributed by atoms with van der Waals surface area (Å²) >= 11 is 4.32. The SMILES string of the molecule is Cc1c(Oc2cnc(C(=O)NC(C(C)C)C(S)CO)cn2)ccc2c1B(O)OC2.